The average molecular weight is 431 g/mol. The molecule has 0 atom stereocenters. The van der Waals surface area contributed by atoms with Crippen LogP contribution in [0, 0.1) is 11.6 Å². The van der Waals surface area contributed by atoms with Crippen molar-refractivity contribution in [3.8, 4) is 5.82 Å². The molecule has 31 heavy (non-hydrogen) atoms. The molecule has 2 aromatic carbocycles. The lowest BCUT2D eigenvalue weighted by molar-refractivity contribution is -0.137. The number of alkyl halides is 3. The van der Waals surface area contributed by atoms with E-state index in [4.69, 9.17) is 0 Å². The summed E-state index contributed by atoms with van der Waals surface area (Å²) in [6.07, 6.45) is 0.272. The number of imidazole rings is 1. The summed E-state index contributed by atoms with van der Waals surface area (Å²) < 4.78 is 67.5. The largest absolute Gasteiger partial charge is 0.416 e. The number of hydrogen-bond acceptors (Lipinski definition) is 4. The number of benzene rings is 2. The van der Waals surface area contributed by atoms with E-state index in [1.165, 1.54) is 24.5 Å². The Bertz CT molecular complexity index is 1280. The maximum Gasteiger partial charge on any atom is 0.416 e. The minimum Gasteiger partial charge on any atom is -0.339 e. The Kier molecular flexibility index (Phi) is 4.38. The third kappa shape index (κ3) is 3.69. The van der Waals surface area contributed by atoms with Gasteiger partial charge in [0.25, 0.3) is 0 Å². The first kappa shape index (κ1) is 19.4. The van der Waals surface area contributed by atoms with Gasteiger partial charge in [-0.3, -0.25) is 9.55 Å². The smallest absolute Gasteiger partial charge is 0.339 e. The van der Waals surface area contributed by atoms with E-state index in [0.29, 0.717) is 28.4 Å². The van der Waals surface area contributed by atoms with E-state index in [-0.39, 0.29) is 11.7 Å². The molecule has 10 heteroatoms. The Morgan fingerprint density at radius 1 is 0.935 bits per heavy atom. The third-order valence-corrected chi connectivity index (χ3v) is 5.00. The number of anilines is 2. The molecule has 0 radical (unpaired) electrons. The van der Waals surface area contributed by atoms with Crippen LogP contribution in [0.1, 0.15) is 30.1 Å². The van der Waals surface area contributed by atoms with E-state index in [0.717, 1.165) is 37.1 Å². The van der Waals surface area contributed by atoms with E-state index in [9.17, 15) is 22.0 Å². The monoisotopic (exact) mass is 431 g/mol. The lowest BCUT2D eigenvalue weighted by Crippen LogP contribution is -2.06. The van der Waals surface area contributed by atoms with Crippen molar-refractivity contribution in [3.63, 3.8) is 0 Å². The second-order valence-corrected chi connectivity index (χ2v) is 7.30. The highest BCUT2D eigenvalue weighted by atomic mass is 19.4. The summed E-state index contributed by atoms with van der Waals surface area (Å²) in [5, 5.41) is 2.91. The molecule has 2 heterocycles. The van der Waals surface area contributed by atoms with Crippen molar-refractivity contribution in [2.75, 3.05) is 5.32 Å². The number of fused-ring (bicyclic) bond motifs is 1. The molecule has 1 N–H and O–H groups in total. The normalized spacial score (nSPS) is 14.2. The first-order valence-electron chi connectivity index (χ1n) is 9.44. The zero-order chi connectivity index (χ0) is 21.8. The predicted molar refractivity (Wildman–Crippen MR) is 103 cm³/mol. The van der Waals surface area contributed by atoms with Crippen molar-refractivity contribution in [1.29, 1.82) is 0 Å². The highest BCUT2D eigenvalue weighted by Gasteiger charge is 2.31. The molecule has 0 unspecified atom stereocenters. The van der Waals surface area contributed by atoms with Gasteiger partial charge in [0.1, 0.15) is 5.82 Å². The predicted octanol–water partition coefficient (Wildman–Crippen LogP) is 5.73. The fraction of sp³-hybridized carbons (Fsp3) is 0.190. The van der Waals surface area contributed by atoms with Gasteiger partial charge in [-0.1, -0.05) is 0 Å². The first-order valence-corrected chi connectivity index (χ1v) is 9.44. The Morgan fingerprint density at radius 3 is 2.32 bits per heavy atom. The molecule has 1 aliphatic rings. The molecule has 0 bridgehead atoms. The summed E-state index contributed by atoms with van der Waals surface area (Å²) in [6, 6.07) is 6.62. The zero-order valence-electron chi connectivity index (χ0n) is 15.8. The zero-order valence-corrected chi connectivity index (χ0v) is 15.8. The van der Waals surface area contributed by atoms with E-state index in [1.807, 2.05) is 0 Å². The quantitative estimate of drug-likeness (QED) is 0.419. The molecule has 0 aliphatic heterocycles. The number of halogens is 5. The van der Waals surface area contributed by atoms with E-state index in [2.05, 4.69) is 20.3 Å². The summed E-state index contributed by atoms with van der Waals surface area (Å²) in [7, 11) is 0. The molecular weight excluding hydrogens is 417 g/mol. The van der Waals surface area contributed by atoms with Gasteiger partial charge >= 0.3 is 6.18 Å². The topological polar surface area (TPSA) is 55.6 Å². The average Bonchev–Trinajstić information content (AvgIpc) is 3.50. The highest BCUT2D eigenvalue weighted by molar-refractivity contribution is 5.78. The van der Waals surface area contributed by atoms with Gasteiger partial charge < -0.3 is 5.32 Å². The summed E-state index contributed by atoms with van der Waals surface area (Å²) >= 11 is 0. The minimum atomic E-state index is -4.42. The number of hydrogen-bond donors (Lipinski definition) is 1. The molecular formula is C21H14F5N5. The van der Waals surface area contributed by atoms with Gasteiger partial charge in [0, 0.05) is 23.7 Å². The maximum atomic E-state index is 13.9. The van der Waals surface area contributed by atoms with Gasteiger partial charge in [-0.25, -0.2) is 18.7 Å². The van der Waals surface area contributed by atoms with Crippen LogP contribution in [0.15, 0.2) is 48.8 Å². The van der Waals surface area contributed by atoms with Gasteiger partial charge in [0.2, 0.25) is 0 Å². The third-order valence-electron chi connectivity index (χ3n) is 5.00. The van der Waals surface area contributed by atoms with Crippen LogP contribution in [0.25, 0.3) is 16.9 Å². The SMILES string of the molecule is Fc1cc2nc(C3CC3)n(-c3cncc(Nc4ccc(C(F)(F)F)cc4)n3)c2cc1F. The Balaban J connectivity index is 1.53. The number of nitrogens with zero attached hydrogens (tertiary/aromatic N) is 4. The standard InChI is InChI=1S/C21H14F5N5/c22-14-7-16-17(8-15(14)23)31(20(29-16)11-1-2-11)19-10-27-9-18(30-19)28-13-5-3-12(4-6-13)21(24,25)26/h3-11H,1-2H2,(H,28,30). The molecule has 0 amide bonds. The highest BCUT2D eigenvalue weighted by Crippen LogP contribution is 2.42. The lowest BCUT2D eigenvalue weighted by Gasteiger charge is -2.11. The van der Waals surface area contributed by atoms with E-state index in [1.54, 1.807) is 4.57 Å². The van der Waals surface area contributed by atoms with Crippen LogP contribution < -0.4 is 5.32 Å². The maximum absolute atomic E-state index is 13.9. The number of aromatic nitrogens is 4. The fourth-order valence-corrected chi connectivity index (χ4v) is 3.36. The van der Waals surface area contributed by atoms with Crippen LogP contribution in [-0.4, -0.2) is 19.5 Å². The summed E-state index contributed by atoms with van der Waals surface area (Å²) in [6.45, 7) is 0. The van der Waals surface area contributed by atoms with Crippen molar-refractivity contribution in [2.24, 2.45) is 0 Å². The molecule has 158 valence electrons. The van der Waals surface area contributed by atoms with Crippen molar-refractivity contribution in [2.45, 2.75) is 24.9 Å². The summed E-state index contributed by atoms with van der Waals surface area (Å²) in [5.74, 6) is -0.560. The fourth-order valence-electron chi connectivity index (χ4n) is 3.36. The van der Waals surface area contributed by atoms with E-state index < -0.39 is 23.4 Å². The van der Waals surface area contributed by atoms with Crippen molar-refractivity contribution < 1.29 is 22.0 Å². The van der Waals surface area contributed by atoms with Crippen LogP contribution in [-0.2, 0) is 6.18 Å². The minimum absolute atomic E-state index is 0.159. The van der Waals surface area contributed by atoms with Crippen LogP contribution in [0.5, 0.6) is 0 Å². The van der Waals surface area contributed by atoms with Gasteiger partial charge in [0.05, 0.1) is 29.0 Å². The Morgan fingerprint density at radius 2 is 1.65 bits per heavy atom. The molecule has 0 saturated heterocycles. The molecule has 5 rings (SSSR count). The first-order chi connectivity index (χ1) is 14.8. The van der Waals surface area contributed by atoms with Crippen molar-refractivity contribution >= 4 is 22.5 Å². The molecule has 0 spiro atoms. The molecule has 1 fully saturated rings. The molecule has 1 saturated carbocycles. The van der Waals surface area contributed by atoms with Gasteiger partial charge in [-0.15, -0.1) is 0 Å². The van der Waals surface area contributed by atoms with Gasteiger partial charge in [-0.05, 0) is 37.1 Å². The second-order valence-electron chi connectivity index (χ2n) is 7.30. The van der Waals surface area contributed by atoms with Gasteiger partial charge in [0.15, 0.2) is 23.3 Å². The molecule has 5 nitrogen and oxygen atoms in total. The molecule has 2 aromatic heterocycles. The van der Waals surface area contributed by atoms with Crippen LogP contribution in [0.2, 0.25) is 0 Å². The molecule has 1 aliphatic carbocycles. The second kappa shape index (κ2) is 7.00. The number of rotatable bonds is 4. The Labute approximate surface area is 172 Å². The number of nitrogens with one attached hydrogen (secondary N) is 1. The van der Waals surface area contributed by atoms with Crippen LogP contribution >= 0.6 is 0 Å². The summed E-state index contributed by atoms with van der Waals surface area (Å²) in [4.78, 5) is 13.1. The lowest BCUT2D eigenvalue weighted by atomic mass is 10.2. The summed E-state index contributed by atoms with van der Waals surface area (Å²) in [5.41, 5.74) is 0.307. The van der Waals surface area contributed by atoms with Crippen molar-refractivity contribution in [1.82, 2.24) is 19.5 Å². The van der Waals surface area contributed by atoms with Crippen molar-refractivity contribution in [3.05, 3.63) is 71.8 Å². The van der Waals surface area contributed by atoms with Crippen LogP contribution in [0.4, 0.5) is 33.5 Å². The Hall–Kier alpha value is -3.56. The van der Waals surface area contributed by atoms with Crippen LogP contribution in [0.3, 0.4) is 0 Å². The van der Waals surface area contributed by atoms with Gasteiger partial charge in [-0.2, -0.15) is 13.2 Å². The van der Waals surface area contributed by atoms with E-state index >= 15 is 0 Å². The molecule has 4 aromatic rings.